The van der Waals surface area contributed by atoms with Crippen LogP contribution in [0.15, 0.2) is 24.3 Å². The van der Waals surface area contributed by atoms with Crippen LogP contribution in [0.2, 0.25) is 0 Å². The number of ether oxygens (including phenoxy) is 1. The molecule has 0 bridgehead atoms. The first-order valence-corrected chi connectivity index (χ1v) is 7.21. The van der Waals surface area contributed by atoms with Gasteiger partial charge in [0.2, 0.25) is 0 Å². The fourth-order valence-corrected chi connectivity index (χ4v) is 2.05. The van der Waals surface area contributed by atoms with E-state index >= 15 is 0 Å². The normalized spacial score (nSPS) is 10.5. The van der Waals surface area contributed by atoms with Crippen molar-refractivity contribution in [2.24, 2.45) is 5.73 Å². The predicted molar refractivity (Wildman–Crippen MR) is 89.7 cm³/mol. The van der Waals surface area contributed by atoms with Crippen molar-refractivity contribution in [3.8, 4) is 5.75 Å². The molecular formula is C16H25ClN2O3. The predicted octanol–water partition coefficient (Wildman–Crippen LogP) is 2.32. The molecule has 1 aromatic rings. The highest BCUT2D eigenvalue weighted by atomic mass is 35.5. The van der Waals surface area contributed by atoms with Crippen molar-refractivity contribution in [3.63, 3.8) is 0 Å². The molecule has 0 radical (unpaired) electrons. The van der Waals surface area contributed by atoms with Crippen LogP contribution in [0.1, 0.15) is 44.0 Å². The molecule has 6 heteroatoms. The summed E-state index contributed by atoms with van der Waals surface area (Å²) in [5.41, 5.74) is 5.93. The van der Waals surface area contributed by atoms with Crippen LogP contribution in [0.3, 0.4) is 0 Å². The Hall–Kier alpha value is -1.59. The highest BCUT2D eigenvalue weighted by Crippen LogP contribution is 2.15. The van der Waals surface area contributed by atoms with Gasteiger partial charge >= 0.3 is 0 Å². The highest BCUT2D eigenvalue weighted by Gasteiger charge is 2.26. The smallest absolute Gasteiger partial charge is 0.258 e. The van der Waals surface area contributed by atoms with Gasteiger partial charge in [-0.05, 0) is 31.9 Å². The summed E-state index contributed by atoms with van der Waals surface area (Å²) in [6, 6.07) is 6.79. The Kier molecular flexibility index (Phi) is 8.75. The molecule has 22 heavy (non-hydrogen) atoms. The summed E-state index contributed by atoms with van der Waals surface area (Å²) in [4.78, 5) is 23.3. The van der Waals surface area contributed by atoms with Gasteiger partial charge in [-0.1, -0.05) is 26.0 Å². The molecule has 0 aliphatic rings. The van der Waals surface area contributed by atoms with Crippen LogP contribution in [0.25, 0.3) is 0 Å². The maximum absolute atomic E-state index is 12.0. The van der Waals surface area contributed by atoms with E-state index in [9.17, 15) is 9.59 Å². The average molecular weight is 329 g/mol. The number of benzene rings is 1. The molecular weight excluding hydrogens is 304 g/mol. The molecule has 0 unspecified atom stereocenters. The molecule has 0 atom stereocenters. The van der Waals surface area contributed by atoms with Crippen LogP contribution in [0, 0.1) is 0 Å². The molecule has 3 N–H and O–H groups in total. The van der Waals surface area contributed by atoms with Gasteiger partial charge in [-0.25, -0.2) is 0 Å². The third-order valence-corrected chi connectivity index (χ3v) is 3.76. The summed E-state index contributed by atoms with van der Waals surface area (Å²) in [7, 11) is 0. The van der Waals surface area contributed by atoms with E-state index in [2.05, 4.69) is 5.32 Å². The Morgan fingerprint density at radius 1 is 1.27 bits per heavy atom. The number of nitrogens with one attached hydrogen (secondary N) is 1. The molecule has 0 aliphatic heterocycles. The Morgan fingerprint density at radius 3 is 2.41 bits per heavy atom. The first kappa shape index (κ1) is 20.4. The van der Waals surface area contributed by atoms with Crippen molar-refractivity contribution < 1.29 is 14.3 Å². The van der Waals surface area contributed by atoms with E-state index in [1.54, 1.807) is 24.3 Å². The highest BCUT2D eigenvalue weighted by molar-refractivity contribution is 5.94. The molecule has 1 aromatic carbocycles. The molecule has 0 saturated carbocycles. The lowest BCUT2D eigenvalue weighted by Crippen LogP contribution is -2.54. The van der Waals surface area contributed by atoms with E-state index in [-0.39, 0.29) is 36.2 Å². The molecule has 124 valence electrons. The molecule has 1 rings (SSSR count). The Bertz CT molecular complexity index is 494. The Balaban J connectivity index is 0.00000441. The molecule has 0 fully saturated rings. The summed E-state index contributed by atoms with van der Waals surface area (Å²) in [5.74, 6) is 0.255. The molecule has 1 amide bonds. The van der Waals surface area contributed by atoms with Crippen molar-refractivity contribution in [2.45, 2.75) is 39.2 Å². The lowest BCUT2D eigenvalue weighted by atomic mass is 9.93. The van der Waals surface area contributed by atoms with Gasteiger partial charge in [0.05, 0.1) is 5.54 Å². The second-order valence-electron chi connectivity index (χ2n) is 5.11. The zero-order chi connectivity index (χ0) is 15.9. The number of ketones is 1. The van der Waals surface area contributed by atoms with E-state index in [1.165, 1.54) is 6.92 Å². The molecule has 0 aromatic heterocycles. The van der Waals surface area contributed by atoms with E-state index in [1.807, 2.05) is 13.8 Å². The second kappa shape index (κ2) is 9.43. The summed E-state index contributed by atoms with van der Waals surface area (Å²) >= 11 is 0. The minimum atomic E-state index is -0.373. The Labute approximate surface area is 138 Å². The number of hydrogen-bond donors (Lipinski definition) is 2. The largest absolute Gasteiger partial charge is 0.484 e. The first-order valence-electron chi connectivity index (χ1n) is 7.21. The maximum Gasteiger partial charge on any atom is 0.258 e. The van der Waals surface area contributed by atoms with Gasteiger partial charge < -0.3 is 15.8 Å². The van der Waals surface area contributed by atoms with Gasteiger partial charge in [0.15, 0.2) is 12.4 Å². The summed E-state index contributed by atoms with van der Waals surface area (Å²) in [6.07, 6.45) is 1.54. The molecule has 0 heterocycles. The quantitative estimate of drug-likeness (QED) is 0.718. The monoisotopic (exact) mass is 328 g/mol. The van der Waals surface area contributed by atoms with E-state index in [0.29, 0.717) is 17.9 Å². The fourth-order valence-electron chi connectivity index (χ4n) is 2.05. The Morgan fingerprint density at radius 2 is 1.91 bits per heavy atom. The van der Waals surface area contributed by atoms with Gasteiger partial charge in [0.1, 0.15) is 5.75 Å². The standard InChI is InChI=1S/C16H24N2O3.ClH/c1-4-16(5-2,11-17)18-15(20)10-21-14-8-6-7-13(9-14)12(3)19;/h6-9H,4-5,10-11,17H2,1-3H3,(H,18,20);1H. The number of amides is 1. The van der Waals surface area contributed by atoms with Gasteiger partial charge in [0, 0.05) is 12.1 Å². The van der Waals surface area contributed by atoms with Crippen molar-refractivity contribution in [2.75, 3.05) is 13.2 Å². The number of carbonyl (C=O) groups excluding carboxylic acids is 2. The SMILES string of the molecule is CCC(CC)(CN)NC(=O)COc1cccc(C(C)=O)c1.Cl. The molecule has 5 nitrogen and oxygen atoms in total. The number of hydrogen-bond acceptors (Lipinski definition) is 4. The fraction of sp³-hybridized carbons (Fsp3) is 0.500. The third-order valence-electron chi connectivity index (χ3n) is 3.76. The van der Waals surface area contributed by atoms with Crippen LogP contribution in [0.4, 0.5) is 0 Å². The average Bonchev–Trinajstić information content (AvgIpc) is 2.51. The second-order valence-corrected chi connectivity index (χ2v) is 5.11. The van der Waals surface area contributed by atoms with Crippen LogP contribution < -0.4 is 15.8 Å². The number of Topliss-reactive ketones (excluding diaryl/α,β-unsaturated/α-hetero) is 1. The maximum atomic E-state index is 12.0. The van der Waals surface area contributed by atoms with Gasteiger partial charge in [0.25, 0.3) is 5.91 Å². The van der Waals surface area contributed by atoms with Crippen molar-refractivity contribution in [1.29, 1.82) is 0 Å². The van der Waals surface area contributed by atoms with Crippen molar-refractivity contribution >= 4 is 24.1 Å². The molecule has 0 spiro atoms. The van der Waals surface area contributed by atoms with Gasteiger partial charge in [-0.15, -0.1) is 12.4 Å². The lowest BCUT2D eigenvalue weighted by Gasteiger charge is -2.31. The first-order chi connectivity index (χ1) is 9.96. The summed E-state index contributed by atoms with van der Waals surface area (Å²) < 4.78 is 5.43. The summed E-state index contributed by atoms with van der Waals surface area (Å²) in [6.45, 7) is 5.78. The minimum absolute atomic E-state index is 0. The third kappa shape index (κ3) is 5.66. The summed E-state index contributed by atoms with van der Waals surface area (Å²) in [5, 5.41) is 2.93. The minimum Gasteiger partial charge on any atom is -0.484 e. The lowest BCUT2D eigenvalue weighted by molar-refractivity contribution is -0.125. The molecule has 0 saturated heterocycles. The van der Waals surface area contributed by atoms with Crippen LogP contribution in [-0.2, 0) is 4.79 Å². The van der Waals surface area contributed by atoms with Gasteiger partial charge in [-0.3, -0.25) is 9.59 Å². The van der Waals surface area contributed by atoms with E-state index in [4.69, 9.17) is 10.5 Å². The van der Waals surface area contributed by atoms with Crippen molar-refractivity contribution in [3.05, 3.63) is 29.8 Å². The van der Waals surface area contributed by atoms with Crippen LogP contribution in [-0.4, -0.2) is 30.4 Å². The topological polar surface area (TPSA) is 81.4 Å². The number of rotatable bonds is 8. The number of carbonyl (C=O) groups is 2. The zero-order valence-electron chi connectivity index (χ0n) is 13.3. The number of halogens is 1. The van der Waals surface area contributed by atoms with E-state index < -0.39 is 0 Å². The molecule has 0 aliphatic carbocycles. The zero-order valence-corrected chi connectivity index (χ0v) is 14.2. The van der Waals surface area contributed by atoms with Crippen molar-refractivity contribution in [1.82, 2.24) is 5.32 Å². The number of nitrogens with two attached hydrogens (primary N) is 1. The van der Waals surface area contributed by atoms with E-state index in [0.717, 1.165) is 12.8 Å². The van der Waals surface area contributed by atoms with Crippen LogP contribution >= 0.6 is 12.4 Å². The van der Waals surface area contributed by atoms with Crippen LogP contribution in [0.5, 0.6) is 5.75 Å². The van der Waals surface area contributed by atoms with Gasteiger partial charge in [-0.2, -0.15) is 0 Å².